The third kappa shape index (κ3) is 6.41. The van der Waals surface area contributed by atoms with E-state index in [2.05, 4.69) is 6.07 Å². The van der Waals surface area contributed by atoms with E-state index in [-0.39, 0.29) is 23.1 Å². The average Bonchev–Trinajstić information content (AvgIpc) is 2.80. The predicted octanol–water partition coefficient (Wildman–Crippen LogP) is 5.78. The van der Waals surface area contributed by atoms with Gasteiger partial charge in [0.15, 0.2) is 11.9 Å². The number of likely N-dealkylation sites (tertiary alicyclic amines) is 1. The molecule has 1 aliphatic rings. The van der Waals surface area contributed by atoms with Gasteiger partial charge in [0.1, 0.15) is 23.3 Å². The van der Waals surface area contributed by atoms with Gasteiger partial charge in [-0.1, -0.05) is 11.6 Å². The first-order valence-corrected chi connectivity index (χ1v) is 11.0. The van der Waals surface area contributed by atoms with Crippen LogP contribution in [0.2, 0.25) is 5.02 Å². The Bertz CT molecular complexity index is 1080. The Labute approximate surface area is 199 Å². The van der Waals surface area contributed by atoms with Gasteiger partial charge in [-0.25, -0.2) is 0 Å². The molecule has 0 saturated carbocycles. The monoisotopic (exact) mass is 494 g/mol. The van der Waals surface area contributed by atoms with E-state index >= 15 is 0 Å². The summed E-state index contributed by atoms with van der Waals surface area (Å²) in [5.41, 5.74) is -0.880. The zero-order valence-electron chi connectivity index (χ0n) is 18.3. The fourth-order valence-corrected chi connectivity index (χ4v) is 3.72. The molecule has 1 saturated heterocycles. The van der Waals surface area contributed by atoms with Gasteiger partial charge in [0.2, 0.25) is 5.91 Å². The second kappa shape index (κ2) is 10.8. The molecule has 0 radical (unpaired) electrons. The van der Waals surface area contributed by atoms with Gasteiger partial charge in [-0.2, -0.15) is 18.4 Å². The lowest BCUT2D eigenvalue weighted by Gasteiger charge is -2.31. The third-order valence-electron chi connectivity index (χ3n) is 5.37. The van der Waals surface area contributed by atoms with Crippen molar-refractivity contribution < 1.29 is 32.2 Å². The highest BCUT2D eigenvalue weighted by molar-refractivity contribution is 6.32. The summed E-state index contributed by atoms with van der Waals surface area (Å²) in [6.45, 7) is 1.99. The van der Waals surface area contributed by atoms with Crippen LogP contribution >= 0.6 is 11.6 Å². The molecule has 1 heterocycles. The van der Waals surface area contributed by atoms with Gasteiger partial charge < -0.3 is 14.4 Å². The highest BCUT2D eigenvalue weighted by atomic mass is 35.5. The van der Waals surface area contributed by atoms with Crippen molar-refractivity contribution in [3.05, 3.63) is 53.1 Å². The SMILES string of the molecule is CC(Oc1ccc(Oc2ccc(C(F)(F)F)cc2Cl)cc1)C(=O)CC(=O)N1CCCCC1C#N. The lowest BCUT2D eigenvalue weighted by atomic mass is 10.0. The number of nitriles is 1. The Hall–Kier alpha value is -3.25. The van der Waals surface area contributed by atoms with Crippen LogP contribution in [0.1, 0.15) is 38.2 Å². The summed E-state index contributed by atoms with van der Waals surface area (Å²) in [5, 5.41) is 9.02. The van der Waals surface area contributed by atoms with E-state index in [4.69, 9.17) is 21.1 Å². The first-order valence-electron chi connectivity index (χ1n) is 10.6. The van der Waals surface area contributed by atoms with Gasteiger partial charge in [0.05, 0.1) is 23.1 Å². The molecular formula is C24H22ClF3N2O4. The normalized spacial score (nSPS) is 16.9. The zero-order valence-corrected chi connectivity index (χ0v) is 19.0. The smallest absolute Gasteiger partial charge is 0.416 e. The number of hydrogen-bond donors (Lipinski definition) is 0. The zero-order chi connectivity index (χ0) is 24.9. The second-order valence-corrected chi connectivity index (χ2v) is 8.25. The fraction of sp³-hybridized carbons (Fsp3) is 0.375. The number of carbonyl (C=O) groups excluding carboxylic acids is 2. The molecule has 2 atom stereocenters. The Kier molecular flexibility index (Phi) is 8.05. The van der Waals surface area contributed by atoms with Crippen LogP contribution < -0.4 is 9.47 Å². The minimum atomic E-state index is -4.51. The fourth-order valence-electron chi connectivity index (χ4n) is 3.50. The molecule has 0 bridgehead atoms. The molecule has 180 valence electrons. The maximum atomic E-state index is 12.8. The largest absolute Gasteiger partial charge is 0.483 e. The van der Waals surface area contributed by atoms with Crippen LogP contribution in [0.5, 0.6) is 17.2 Å². The summed E-state index contributed by atoms with van der Waals surface area (Å²) in [6.07, 6.45) is -3.48. The summed E-state index contributed by atoms with van der Waals surface area (Å²) >= 11 is 5.90. The maximum Gasteiger partial charge on any atom is 0.416 e. The van der Waals surface area contributed by atoms with E-state index in [1.165, 1.54) is 36.1 Å². The molecule has 34 heavy (non-hydrogen) atoms. The first kappa shape index (κ1) is 25.4. The van der Waals surface area contributed by atoms with Crippen LogP contribution in [0.15, 0.2) is 42.5 Å². The Balaban J connectivity index is 1.56. The number of carbonyl (C=O) groups is 2. The van der Waals surface area contributed by atoms with E-state index in [0.717, 1.165) is 31.0 Å². The molecule has 1 fully saturated rings. The lowest BCUT2D eigenvalue weighted by Crippen LogP contribution is -2.44. The van der Waals surface area contributed by atoms with Crippen molar-refractivity contribution in [2.24, 2.45) is 0 Å². The van der Waals surface area contributed by atoms with Crippen molar-refractivity contribution in [1.82, 2.24) is 4.90 Å². The number of alkyl halides is 3. The molecule has 1 aliphatic heterocycles. The first-order chi connectivity index (χ1) is 16.1. The number of halogens is 4. The summed E-state index contributed by atoms with van der Waals surface area (Å²) in [5.74, 6) is -0.102. The molecule has 1 amide bonds. The average molecular weight is 495 g/mol. The van der Waals surface area contributed by atoms with E-state index in [1.807, 2.05) is 0 Å². The van der Waals surface area contributed by atoms with E-state index in [1.54, 1.807) is 0 Å². The van der Waals surface area contributed by atoms with Gasteiger partial charge in [0, 0.05) is 6.54 Å². The number of rotatable bonds is 7. The lowest BCUT2D eigenvalue weighted by molar-refractivity contribution is -0.139. The van der Waals surface area contributed by atoms with E-state index in [9.17, 15) is 28.0 Å². The molecule has 3 rings (SSSR count). The van der Waals surface area contributed by atoms with Crippen LogP contribution in [-0.2, 0) is 15.8 Å². The molecule has 10 heteroatoms. The van der Waals surface area contributed by atoms with Gasteiger partial charge in [-0.05, 0) is 68.7 Å². The summed E-state index contributed by atoms with van der Waals surface area (Å²) in [4.78, 5) is 26.4. The van der Waals surface area contributed by atoms with Gasteiger partial charge in [0.25, 0.3) is 0 Å². The van der Waals surface area contributed by atoms with Crippen LogP contribution in [0.3, 0.4) is 0 Å². The summed E-state index contributed by atoms with van der Waals surface area (Å²) in [7, 11) is 0. The number of Topliss-reactive ketones (excluding diaryl/α,β-unsaturated/α-hetero) is 1. The standard InChI is InChI=1S/C24H22ClF3N2O4/c1-15(21(31)13-23(32)30-11-3-2-4-17(30)14-29)33-18-6-8-19(9-7-18)34-22-10-5-16(12-20(22)25)24(26,27)28/h5-10,12,15,17H,2-4,11,13H2,1H3. The molecular weight excluding hydrogens is 473 g/mol. The quantitative estimate of drug-likeness (QED) is 0.456. The van der Waals surface area contributed by atoms with Crippen LogP contribution in [0, 0.1) is 11.3 Å². The molecule has 6 nitrogen and oxygen atoms in total. The predicted molar refractivity (Wildman–Crippen MR) is 118 cm³/mol. The van der Waals surface area contributed by atoms with Crippen molar-refractivity contribution in [3.8, 4) is 23.3 Å². The Morgan fingerprint density at radius 1 is 1.18 bits per heavy atom. The number of amides is 1. The van der Waals surface area contributed by atoms with E-state index in [0.29, 0.717) is 24.5 Å². The molecule has 0 N–H and O–H groups in total. The van der Waals surface area contributed by atoms with Crippen molar-refractivity contribution in [2.45, 2.75) is 50.9 Å². The number of piperidine rings is 1. The van der Waals surface area contributed by atoms with Crippen LogP contribution in [0.25, 0.3) is 0 Å². The number of nitrogens with zero attached hydrogens (tertiary/aromatic N) is 2. The Morgan fingerprint density at radius 2 is 1.85 bits per heavy atom. The molecule has 0 aromatic heterocycles. The number of benzene rings is 2. The number of ether oxygens (including phenoxy) is 2. The van der Waals surface area contributed by atoms with Crippen molar-refractivity contribution >= 4 is 23.3 Å². The molecule has 0 aliphatic carbocycles. The second-order valence-electron chi connectivity index (χ2n) is 7.85. The number of ketones is 1. The summed E-state index contributed by atoms with van der Waals surface area (Å²) < 4.78 is 49.4. The van der Waals surface area contributed by atoms with Gasteiger partial charge in [-0.3, -0.25) is 9.59 Å². The topological polar surface area (TPSA) is 79.6 Å². The molecule has 2 aromatic carbocycles. The molecule has 2 aromatic rings. The third-order valence-corrected chi connectivity index (χ3v) is 5.67. The van der Waals surface area contributed by atoms with E-state index < -0.39 is 29.7 Å². The van der Waals surface area contributed by atoms with Crippen molar-refractivity contribution in [1.29, 1.82) is 5.26 Å². The minimum absolute atomic E-state index is 0.0544. The van der Waals surface area contributed by atoms with Crippen LogP contribution in [-0.4, -0.2) is 35.3 Å². The molecule has 2 unspecified atom stereocenters. The van der Waals surface area contributed by atoms with Crippen molar-refractivity contribution in [3.63, 3.8) is 0 Å². The maximum absolute atomic E-state index is 12.8. The Morgan fingerprint density at radius 3 is 2.47 bits per heavy atom. The van der Waals surface area contributed by atoms with Gasteiger partial charge >= 0.3 is 6.18 Å². The van der Waals surface area contributed by atoms with Gasteiger partial charge in [-0.15, -0.1) is 0 Å². The number of hydrogen-bond acceptors (Lipinski definition) is 5. The summed E-state index contributed by atoms with van der Waals surface area (Å²) in [6, 6.07) is 10.5. The van der Waals surface area contributed by atoms with Crippen LogP contribution in [0.4, 0.5) is 13.2 Å². The molecule has 0 spiro atoms. The highest BCUT2D eigenvalue weighted by Crippen LogP contribution is 2.36. The highest BCUT2D eigenvalue weighted by Gasteiger charge is 2.31. The van der Waals surface area contributed by atoms with Crippen molar-refractivity contribution in [2.75, 3.05) is 6.54 Å². The minimum Gasteiger partial charge on any atom is -0.483 e.